The number of nitrogens with zero attached hydrogens (tertiary/aromatic N) is 1. The largest absolute Gasteiger partial charge is 0.437 e. The summed E-state index contributed by atoms with van der Waals surface area (Å²) in [5.74, 6) is 0. The predicted molar refractivity (Wildman–Crippen MR) is 72.9 cm³/mol. The number of hydrogen-bond acceptors (Lipinski definition) is 4. The zero-order valence-electron chi connectivity index (χ0n) is 10.3. The summed E-state index contributed by atoms with van der Waals surface area (Å²) in [5, 5.41) is 13.0. The fraction of sp³-hybridized carbons (Fsp3) is 0.500. The van der Waals surface area contributed by atoms with Crippen LogP contribution in [0.5, 0.6) is 0 Å². The van der Waals surface area contributed by atoms with E-state index in [1.54, 1.807) is 0 Å². The van der Waals surface area contributed by atoms with Crippen molar-refractivity contribution in [2.45, 2.75) is 25.7 Å². The van der Waals surface area contributed by atoms with Crippen LogP contribution >= 0.6 is 0 Å². The molecule has 0 atom stereocenters. The van der Waals surface area contributed by atoms with Gasteiger partial charge in [0.05, 0.1) is 11.4 Å². The topological polar surface area (TPSA) is 61.5 Å². The Morgan fingerprint density at radius 2 is 2.00 bits per heavy atom. The first-order valence-electron chi connectivity index (χ1n) is 6.20. The van der Waals surface area contributed by atoms with Gasteiger partial charge < -0.3 is 20.9 Å². The molecule has 0 bridgehead atoms. The predicted octanol–water partition coefficient (Wildman–Crippen LogP) is 1.26. The highest BCUT2D eigenvalue weighted by atomic mass is 16.2. The van der Waals surface area contributed by atoms with Gasteiger partial charge in [-0.25, -0.2) is 0 Å². The van der Waals surface area contributed by atoms with Crippen molar-refractivity contribution in [1.82, 2.24) is 4.81 Å². The first-order valence-corrected chi connectivity index (χ1v) is 6.20. The number of piperidine rings is 1. The molecule has 4 nitrogen and oxygen atoms in total. The number of para-hydroxylation sites is 2. The maximum Gasteiger partial charge on any atom is 0.376 e. The Bertz CT molecular complexity index is 365. The molecule has 1 aromatic rings. The average Bonchev–Trinajstić information content (AvgIpc) is 2.33. The van der Waals surface area contributed by atoms with Gasteiger partial charge in [-0.15, -0.1) is 0 Å². The van der Waals surface area contributed by atoms with Crippen molar-refractivity contribution in [2.24, 2.45) is 0 Å². The van der Waals surface area contributed by atoms with Gasteiger partial charge in [0.15, 0.2) is 0 Å². The maximum atomic E-state index is 9.48. The van der Waals surface area contributed by atoms with E-state index in [0.717, 1.165) is 37.3 Å². The molecule has 1 aliphatic heterocycles. The summed E-state index contributed by atoms with van der Waals surface area (Å²) in [5.41, 5.74) is 7.71. The van der Waals surface area contributed by atoms with Crippen LogP contribution in [0.3, 0.4) is 0 Å². The second kappa shape index (κ2) is 5.43. The molecule has 2 rings (SSSR count). The quantitative estimate of drug-likeness (QED) is 0.543. The first kappa shape index (κ1) is 12.3. The fourth-order valence-electron chi connectivity index (χ4n) is 2.27. The van der Waals surface area contributed by atoms with Crippen molar-refractivity contribution in [2.75, 3.05) is 24.1 Å². The molecule has 0 unspecified atom stereocenters. The third-order valence-corrected chi connectivity index (χ3v) is 3.38. The lowest BCUT2D eigenvalue weighted by Gasteiger charge is -2.33. The molecule has 5 heteroatoms. The van der Waals surface area contributed by atoms with E-state index < -0.39 is 0 Å². The van der Waals surface area contributed by atoms with E-state index >= 15 is 0 Å². The van der Waals surface area contributed by atoms with Crippen LogP contribution in [-0.2, 0) is 0 Å². The summed E-state index contributed by atoms with van der Waals surface area (Å²) in [4.78, 5) is 2.09. The Hall–Kier alpha value is -1.20. The summed E-state index contributed by atoms with van der Waals surface area (Å²) in [6, 6.07) is 8.30. The Balaban J connectivity index is 1.88. The molecule has 0 aliphatic carbocycles. The van der Waals surface area contributed by atoms with Gasteiger partial charge in [-0.05, 0) is 44.9 Å². The van der Waals surface area contributed by atoms with E-state index in [0.29, 0.717) is 6.04 Å². The van der Waals surface area contributed by atoms with Crippen LogP contribution in [0.25, 0.3) is 0 Å². The molecule has 0 amide bonds. The monoisotopic (exact) mass is 233 g/mol. The fourth-order valence-corrected chi connectivity index (χ4v) is 2.27. The molecule has 4 N–H and O–H groups in total. The van der Waals surface area contributed by atoms with Crippen molar-refractivity contribution >= 4 is 18.4 Å². The van der Waals surface area contributed by atoms with E-state index in [1.165, 1.54) is 0 Å². The van der Waals surface area contributed by atoms with Crippen molar-refractivity contribution in [3.05, 3.63) is 24.3 Å². The standard InChI is InChI=1S/C12H20BN3O/c1-13(17)16-8-6-10(7-9-16)15-12-5-3-2-4-11(12)14/h2-5,10,15,17H,6-9,14H2,1H3. The van der Waals surface area contributed by atoms with Gasteiger partial charge in [0, 0.05) is 6.04 Å². The van der Waals surface area contributed by atoms with Crippen LogP contribution in [0.2, 0.25) is 6.82 Å². The van der Waals surface area contributed by atoms with Crippen LogP contribution in [0.1, 0.15) is 12.8 Å². The molecule has 0 radical (unpaired) electrons. The van der Waals surface area contributed by atoms with Gasteiger partial charge in [0.1, 0.15) is 0 Å². The Kier molecular flexibility index (Phi) is 3.91. The third kappa shape index (κ3) is 3.14. The molecular formula is C12H20BN3O. The van der Waals surface area contributed by atoms with Crippen LogP contribution < -0.4 is 11.1 Å². The van der Waals surface area contributed by atoms with Gasteiger partial charge in [-0.2, -0.15) is 0 Å². The lowest BCUT2D eigenvalue weighted by atomic mass is 9.82. The highest BCUT2D eigenvalue weighted by molar-refractivity contribution is 6.45. The summed E-state index contributed by atoms with van der Waals surface area (Å²) in [7, 11) is -0.335. The number of nitrogens with two attached hydrogens (primary N) is 1. The van der Waals surface area contributed by atoms with Crippen molar-refractivity contribution in [3.63, 3.8) is 0 Å². The molecule has 0 aromatic heterocycles. The second-order valence-electron chi connectivity index (χ2n) is 4.67. The minimum atomic E-state index is -0.335. The molecular weight excluding hydrogens is 213 g/mol. The van der Waals surface area contributed by atoms with Gasteiger partial charge in [0.25, 0.3) is 0 Å². The maximum absolute atomic E-state index is 9.48. The highest BCUT2D eigenvalue weighted by Gasteiger charge is 2.23. The van der Waals surface area contributed by atoms with Crippen LogP contribution in [-0.4, -0.2) is 36.0 Å². The number of rotatable bonds is 3. The van der Waals surface area contributed by atoms with E-state index in [4.69, 9.17) is 5.73 Å². The Labute approximate surface area is 103 Å². The zero-order valence-corrected chi connectivity index (χ0v) is 10.3. The molecule has 0 spiro atoms. The molecule has 1 heterocycles. The lowest BCUT2D eigenvalue weighted by Crippen LogP contribution is -2.45. The van der Waals surface area contributed by atoms with Crippen molar-refractivity contribution in [3.8, 4) is 0 Å². The van der Waals surface area contributed by atoms with Gasteiger partial charge in [0.2, 0.25) is 0 Å². The number of benzene rings is 1. The minimum absolute atomic E-state index is 0.335. The molecule has 1 aliphatic rings. The van der Waals surface area contributed by atoms with E-state index in [2.05, 4.69) is 10.1 Å². The first-order chi connectivity index (χ1) is 8.16. The number of anilines is 2. The van der Waals surface area contributed by atoms with Crippen LogP contribution in [0.4, 0.5) is 11.4 Å². The number of hydrogen-bond donors (Lipinski definition) is 3. The van der Waals surface area contributed by atoms with E-state index in [1.807, 2.05) is 31.1 Å². The SMILES string of the molecule is CB(O)N1CCC(Nc2ccccc2N)CC1. The van der Waals surface area contributed by atoms with Gasteiger partial charge in [-0.1, -0.05) is 12.1 Å². The molecule has 92 valence electrons. The second-order valence-corrected chi connectivity index (χ2v) is 4.67. The molecule has 1 fully saturated rings. The van der Waals surface area contributed by atoms with E-state index in [-0.39, 0.29) is 7.05 Å². The Morgan fingerprint density at radius 1 is 1.35 bits per heavy atom. The highest BCUT2D eigenvalue weighted by Crippen LogP contribution is 2.21. The molecule has 17 heavy (non-hydrogen) atoms. The van der Waals surface area contributed by atoms with Crippen LogP contribution in [0, 0.1) is 0 Å². The number of nitrogens with one attached hydrogen (secondary N) is 1. The van der Waals surface area contributed by atoms with Crippen molar-refractivity contribution in [1.29, 1.82) is 0 Å². The summed E-state index contributed by atoms with van der Waals surface area (Å²) in [6.07, 6.45) is 2.08. The smallest absolute Gasteiger partial charge is 0.376 e. The van der Waals surface area contributed by atoms with Gasteiger partial charge in [-0.3, -0.25) is 0 Å². The summed E-state index contributed by atoms with van der Waals surface area (Å²) >= 11 is 0. The third-order valence-electron chi connectivity index (χ3n) is 3.38. The van der Waals surface area contributed by atoms with E-state index in [9.17, 15) is 5.02 Å². The van der Waals surface area contributed by atoms with Crippen molar-refractivity contribution < 1.29 is 5.02 Å². The molecule has 0 saturated carbocycles. The lowest BCUT2D eigenvalue weighted by molar-refractivity contribution is 0.298. The summed E-state index contributed by atoms with van der Waals surface area (Å²) in [6.45, 7) is 3.69. The normalized spacial score (nSPS) is 18.0. The summed E-state index contributed by atoms with van der Waals surface area (Å²) < 4.78 is 0. The van der Waals surface area contributed by atoms with Gasteiger partial charge >= 0.3 is 7.05 Å². The minimum Gasteiger partial charge on any atom is -0.437 e. The van der Waals surface area contributed by atoms with Crippen LogP contribution in [0.15, 0.2) is 24.3 Å². The Morgan fingerprint density at radius 3 is 2.59 bits per heavy atom. The zero-order chi connectivity index (χ0) is 12.3. The average molecular weight is 233 g/mol. The molecule has 1 saturated heterocycles. The molecule has 1 aromatic carbocycles. The number of nitrogen functional groups attached to an aromatic ring is 1.